The van der Waals surface area contributed by atoms with Crippen LogP contribution in [0.15, 0.2) is 30.6 Å². The fourth-order valence-electron chi connectivity index (χ4n) is 1.15. The molecule has 0 saturated carbocycles. The number of pyridine rings is 1. The van der Waals surface area contributed by atoms with Gasteiger partial charge in [0.25, 0.3) is 0 Å². The fraction of sp³-hybridized carbons (Fsp3) is 0.364. The van der Waals surface area contributed by atoms with Crippen LogP contribution in [-0.2, 0) is 6.54 Å². The van der Waals surface area contributed by atoms with Crippen LogP contribution in [-0.4, -0.2) is 19.0 Å². The van der Waals surface area contributed by atoms with Crippen LogP contribution in [0.2, 0.25) is 0 Å². The van der Waals surface area contributed by atoms with Gasteiger partial charge in [-0.3, -0.25) is 0 Å². The molecular weight excluding hydrogens is 287 g/mol. The molecule has 1 aromatic rings. The molecule has 1 rings (SSSR count). The standard InChI is InChI=1S/C11H17N2.HI/c1-4-13-9-6-5-7-11(13)8-10-12(2)3;/h5-10H,4H2,1-3H3;1H/q+1;/p-1. The average Bonchev–Trinajstić information content (AvgIpc) is 2.15. The Kier molecular flexibility index (Phi) is 6.53. The normalized spacial score (nSPS) is 9.93. The average molecular weight is 304 g/mol. The third-order valence-electron chi connectivity index (χ3n) is 1.86. The van der Waals surface area contributed by atoms with Crippen LogP contribution >= 0.6 is 0 Å². The van der Waals surface area contributed by atoms with Crippen LogP contribution in [0.4, 0.5) is 0 Å². The molecule has 0 aliphatic rings. The van der Waals surface area contributed by atoms with Crippen molar-refractivity contribution in [2.75, 3.05) is 14.1 Å². The zero-order chi connectivity index (χ0) is 9.68. The second kappa shape index (κ2) is 6.81. The maximum Gasteiger partial charge on any atom is 0.206 e. The topological polar surface area (TPSA) is 7.12 Å². The minimum absolute atomic E-state index is 0. The lowest BCUT2D eigenvalue weighted by Gasteiger charge is -2.02. The first-order chi connectivity index (χ1) is 6.24. The summed E-state index contributed by atoms with van der Waals surface area (Å²) in [6.45, 7) is 3.15. The van der Waals surface area contributed by atoms with E-state index in [4.69, 9.17) is 0 Å². The summed E-state index contributed by atoms with van der Waals surface area (Å²) >= 11 is 0. The summed E-state index contributed by atoms with van der Waals surface area (Å²) in [5, 5.41) is 0. The number of hydrogen-bond acceptors (Lipinski definition) is 1. The number of aromatic nitrogens is 1. The monoisotopic (exact) mass is 304 g/mol. The Morgan fingerprint density at radius 2 is 2.07 bits per heavy atom. The lowest BCUT2D eigenvalue weighted by Crippen LogP contribution is -3.00. The molecule has 0 N–H and O–H groups in total. The summed E-state index contributed by atoms with van der Waals surface area (Å²) in [5.74, 6) is 0. The van der Waals surface area contributed by atoms with Crippen molar-refractivity contribution >= 4 is 6.08 Å². The Bertz CT molecular complexity index is 295. The van der Waals surface area contributed by atoms with Crippen LogP contribution in [0.3, 0.4) is 0 Å². The van der Waals surface area contributed by atoms with Gasteiger partial charge in [-0.25, -0.2) is 0 Å². The SMILES string of the molecule is CC[n+]1ccccc1/C=C/N(C)C.[I-]. The van der Waals surface area contributed by atoms with Crippen LogP contribution in [0.1, 0.15) is 12.6 Å². The molecule has 0 atom stereocenters. The zero-order valence-corrected chi connectivity index (χ0v) is 11.1. The van der Waals surface area contributed by atoms with Crippen molar-refractivity contribution in [2.45, 2.75) is 13.5 Å². The lowest BCUT2D eigenvalue weighted by molar-refractivity contribution is -0.695. The second-order valence-corrected chi connectivity index (χ2v) is 3.19. The predicted molar refractivity (Wildman–Crippen MR) is 55.0 cm³/mol. The molecule has 0 aliphatic carbocycles. The van der Waals surface area contributed by atoms with Crippen LogP contribution in [0.25, 0.3) is 6.08 Å². The summed E-state index contributed by atoms with van der Waals surface area (Å²) < 4.78 is 2.21. The van der Waals surface area contributed by atoms with Crippen LogP contribution < -0.4 is 28.5 Å². The summed E-state index contributed by atoms with van der Waals surface area (Å²) in [6, 6.07) is 6.22. The molecule has 3 heteroatoms. The van der Waals surface area contributed by atoms with Gasteiger partial charge < -0.3 is 28.9 Å². The summed E-state index contributed by atoms with van der Waals surface area (Å²) in [5.41, 5.74) is 1.23. The molecule has 0 saturated heterocycles. The first-order valence-corrected chi connectivity index (χ1v) is 4.57. The van der Waals surface area contributed by atoms with E-state index in [1.54, 1.807) is 0 Å². The van der Waals surface area contributed by atoms with Gasteiger partial charge in [-0.2, -0.15) is 4.57 Å². The molecule has 0 amide bonds. The molecule has 78 valence electrons. The van der Waals surface area contributed by atoms with E-state index in [0.29, 0.717) is 0 Å². The van der Waals surface area contributed by atoms with Crippen molar-refractivity contribution in [1.29, 1.82) is 0 Å². The van der Waals surface area contributed by atoms with E-state index < -0.39 is 0 Å². The lowest BCUT2D eigenvalue weighted by atomic mass is 10.3. The van der Waals surface area contributed by atoms with Gasteiger partial charge in [-0.15, -0.1) is 0 Å². The van der Waals surface area contributed by atoms with E-state index in [1.165, 1.54) is 5.69 Å². The quantitative estimate of drug-likeness (QED) is 0.489. The summed E-state index contributed by atoms with van der Waals surface area (Å²) in [6.07, 6.45) is 6.26. The molecule has 0 fully saturated rings. The maximum absolute atomic E-state index is 2.21. The Labute approximate surface area is 103 Å². The van der Waals surface area contributed by atoms with Crippen molar-refractivity contribution in [3.05, 3.63) is 36.3 Å². The fourth-order valence-corrected chi connectivity index (χ4v) is 1.15. The van der Waals surface area contributed by atoms with Crippen molar-refractivity contribution in [3.8, 4) is 0 Å². The summed E-state index contributed by atoms with van der Waals surface area (Å²) in [7, 11) is 4.05. The minimum Gasteiger partial charge on any atom is -1.00 e. The van der Waals surface area contributed by atoms with E-state index >= 15 is 0 Å². The molecule has 2 nitrogen and oxygen atoms in total. The Hall–Kier alpha value is -0.580. The van der Waals surface area contributed by atoms with Crippen molar-refractivity contribution in [3.63, 3.8) is 0 Å². The Morgan fingerprint density at radius 1 is 1.36 bits per heavy atom. The van der Waals surface area contributed by atoms with Gasteiger partial charge in [0.2, 0.25) is 5.69 Å². The highest BCUT2D eigenvalue weighted by Gasteiger charge is 2.01. The van der Waals surface area contributed by atoms with Crippen molar-refractivity contribution < 1.29 is 28.5 Å². The molecule has 0 aliphatic heterocycles. The van der Waals surface area contributed by atoms with Crippen LogP contribution in [0, 0.1) is 0 Å². The minimum atomic E-state index is 0. The van der Waals surface area contributed by atoms with Gasteiger partial charge in [0.15, 0.2) is 6.20 Å². The molecular formula is C11H17IN2. The maximum atomic E-state index is 2.21. The molecule has 0 aromatic carbocycles. The van der Waals surface area contributed by atoms with Gasteiger partial charge in [-0.1, -0.05) is 0 Å². The molecule has 0 radical (unpaired) electrons. The van der Waals surface area contributed by atoms with Crippen LogP contribution in [0.5, 0.6) is 0 Å². The Morgan fingerprint density at radius 3 is 2.64 bits per heavy atom. The smallest absolute Gasteiger partial charge is 0.206 e. The van der Waals surface area contributed by atoms with Crippen molar-refractivity contribution in [2.24, 2.45) is 0 Å². The van der Waals surface area contributed by atoms with E-state index in [0.717, 1.165) is 6.54 Å². The molecule has 0 bridgehead atoms. The van der Waals surface area contributed by atoms with Gasteiger partial charge in [0, 0.05) is 38.5 Å². The number of nitrogens with zero attached hydrogens (tertiary/aromatic N) is 2. The predicted octanol–water partition coefficient (Wildman–Crippen LogP) is -1.47. The highest BCUT2D eigenvalue weighted by Crippen LogP contribution is 1.95. The first kappa shape index (κ1) is 13.4. The number of hydrogen-bond donors (Lipinski definition) is 0. The number of halogens is 1. The van der Waals surface area contributed by atoms with E-state index in [-0.39, 0.29) is 24.0 Å². The molecule has 14 heavy (non-hydrogen) atoms. The van der Waals surface area contributed by atoms with E-state index in [2.05, 4.69) is 48.2 Å². The second-order valence-electron chi connectivity index (χ2n) is 3.19. The van der Waals surface area contributed by atoms with Gasteiger partial charge in [0.05, 0.1) is 0 Å². The largest absolute Gasteiger partial charge is 1.00 e. The number of aryl methyl sites for hydroxylation is 1. The molecule has 0 spiro atoms. The van der Waals surface area contributed by atoms with Crippen molar-refractivity contribution in [1.82, 2.24) is 4.90 Å². The third-order valence-corrected chi connectivity index (χ3v) is 1.86. The Balaban J connectivity index is 0.00000169. The van der Waals surface area contributed by atoms with E-state index in [9.17, 15) is 0 Å². The van der Waals surface area contributed by atoms with E-state index in [1.807, 2.05) is 19.0 Å². The number of rotatable bonds is 3. The highest BCUT2D eigenvalue weighted by molar-refractivity contribution is 5.40. The third kappa shape index (κ3) is 4.09. The van der Waals surface area contributed by atoms with Gasteiger partial charge in [-0.05, 0) is 13.0 Å². The first-order valence-electron chi connectivity index (χ1n) is 4.57. The van der Waals surface area contributed by atoms with Gasteiger partial charge >= 0.3 is 0 Å². The summed E-state index contributed by atoms with van der Waals surface area (Å²) in [4.78, 5) is 2.03. The van der Waals surface area contributed by atoms with Gasteiger partial charge in [0.1, 0.15) is 6.54 Å². The molecule has 0 unspecified atom stereocenters. The zero-order valence-electron chi connectivity index (χ0n) is 8.94. The molecule has 1 aromatic heterocycles. The molecule has 1 heterocycles. The highest BCUT2D eigenvalue weighted by atomic mass is 127.